The quantitative estimate of drug-likeness (QED) is 0.769. The number of hydrogen-bond acceptors (Lipinski definition) is 2. The van der Waals surface area contributed by atoms with Gasteiger partial charge in [-0.05, 0) is 37.0 Å². The number of hydrogen-bond donors (Lipinski definition) is 0. The normalized spacial score (nSPS) is 17.6. The van der Waals surface area contributed by atoms with Crippen LogP contribution in [0.2, 0.25) is 0 Å². The topological polar surface area (TPSA) is 18.5 Å². The maximum atomic E-state index is 5.91. The van der Waals surface area contributed by atoms with Crippen LogP contribution in [0, 0.1) is 13.8 Å². The van der Waals surface area contributed by atoms with Gasteiger partial charge in [0, 0.05) is 11.3 Å². The molecule has 0 saturated carbocycles. The fourth-order valence-corrected chi connectivity index (χ4v) is 2.92. The fraction of sp³-hybridized carbons (Fsp3) is 0.571. The molecule has 3 heteroatoms. The summed E-state index contributed by atoms with van der Waals surface area (Å²) in [5.41, 5.74) is 3.83. The molecule has 0 spiro atoms. The largest absolute Gasteiger partial charge is 0.496 e. The predicted molar refractivity (Wildman–Crippen MR) is 70.3 cm³/mol. The zero-order valence-electron chi connectivity index (χ0n) is 10.7. The Hall–Kier alpha value is -0.730. The number of rotatable bonds is 4. The summed E-state index contributed by atoms with van der Waals surface area (Å²) in [6.45, 7) is 5.74. The van der Waals surface area contributed by atoms with Gasteiger partial charge >= 0.3 is 0 Å². The summed E-state index contributed by atoms with van der Waals surface area (Å²) in [5, 5.41) is 0. The van der Waals surface area contributed by atoms with Crippen LogP contribution in [-0.2, 0) is 10.2 Å². The molecule has 17 heavy (non-hydrogen) atoms. The van der Waals surface area contributed by atoms with Crippen molar-refractivity contribution in [3.8, 4) is 5.75 Å². The summed E-state index contributed by atoms with van der Waals surface area (Å²) in [5.74, 6) is 1.66. The van der Waals surface area contributed by atoms with E-state index in [1.807, 2.05) is 0 Å². The monoisotopic (exact) mass is 254 g/mol. The molecule has 1 fully saturated rings. The van der Waals surface area contributed by atoms with Crippen LogP contribution in [0.25, 0.3) is 0 Å². The molecular formula is C14H19ClO2. The SMILES string of the molecule is COc1c(C)cc(C2(CCCl)COC2)cc1C. The predicted octanol–water partition coefficient (Wildman–Crippen LogP) is 3.21. The number of halogens is 1. The molecule has 1 aromatic carbocycles. The molecule has 1 heterocycles. The van der Waals surface area contributed by atoms with Crippen LogP contribution in [0.3, 0.4) is 0 Å². The van der Waals surface area contributed by atoms with Gasteiger partial charge in [0.2, 0.25) is 0 Å². The van der Waals surface area contributed by atoms with Crippen LogP contribution in [0.15, 0.2) is 12.1 Å². The third-order valence-electron chi connectivity index (χ3n) is 3.61. The van der Waals surface area contributed by atoms with E-state index in [1.165, 1.54) is 16.7 Å². The molecule has 1 saturated heterocycles. The lowest BCUT2D eigenvalue weighted by Gasteiger charge is -2.42. The molecule has 1 aliphatic heterocycles. The first kappa shape index (κ1) is 12.7. The van der Waals surface area contributed by atoms with E-state index in [2.05, 4.69) is 26.0 Å². The first-order valence-corrected chi connectivity index (χ1v) is 6.46. The van der Waals surface area contributed by atoms with Gasteiger partial charge in [-0.3, -0.25) is 0 Å². The molecule has 0 aliphatic carbocycles. The van der Waals surface area contributed by atoms with Crippen molar-refractivity contribution in [3.63, 3.8) is 0 Å². The highest BCUT2D eigenvalue weighted by atomic mass is 35.5. The van der Waals surface area contributed by atoms with E-state index < -0.39 is 0 Å². The molecule has 2 nitrogen and oxygen atoms in total. The molecule has 0 amide bonds. The lowest BCUT2D eigenvalue weighted by molar-refractivity contribution is -0.0616. The minimum atomic E-state index is 0.129. The van der Waals surface area contributed by atoms with Crippen LogP contribution >= 0.6 is 11.6 Å². The summed E-state index contributed by atoms with van der Waals surface area (Å²) in [7, 11) is 1.72. The van der Waals surface area contributed by atoms with Crippen molar-refractivity contribution in [2.24, 2.45) is 0 Å². The highest BCUT2D eigenvalue weighted by Crippen LogP contribution is 2.39. The Morgan fingerprint density at radius 2 is 1.88 bits per heavy atom. The van der Waals surface area contributed by atoms with Gasteiger partial charge in [0.25, 0.3) is 0 Å². The Morgan fingerprint density at radius 3 is 2.24 bits per heavy atom. The summed E-state index contributed by atoms with van der Waals surface area (Å²) < 4.78 is 10.8. The molecule has 0 N–H and O–H groups in total. The van der Waals surface area contributed by atoms with Gasteiger partial charge in [-0.1, -0.05) is 12.1 Å². The van der Waals surface area contributed by atoms with E-state index in [-0.39, 0.29) is 5.41 Å². The van der Waals surface area contributed by atoms with Crippen molar-refractivity contribution in [2.45, 2.75) is 25.7 Å². The second kappa shape index (κ2) is 4.87. The van der Waals surface area contributed by atoms with Gasteiger partial charge in [-0.25, -0.2) is 0 Å². The standard InChI is InChI=1S/C14H19ClO2/c1-10-6-12(7-11(2)13(10)16-3)14(4-5-15)8-17-9-14/h6-7H,4-5,8-9H2,1-3H3. The van der Waals surface area contributed by atoms with Crippen molar-refractivity contribution in [3.05, 3.63) is 28.8 Å². The number of aryl methyl sites for hydroxylation is 2. The molecule has 94 valence electrons. The van der Waals surface area contributed by atoms with Gasteiger partial charge in [0.1, 0.15) is 5.75 Å². The fourth-order valence-electron chi connectivity index (χ4n) is 2.56. The van der Waals surface area contributed by atoms with E-state index >= 15 is 0 Å². The zero-order chi connectivity index (χ0) is 12.5. The zero-order valence-corrected chi connectivity index (χ0v) is 11.4. The maximum Gasteiger partial charge on any atom is 0.124 e. The van der Waals surface area contributed by atoms with Crippen LogP contribution in [-0.4, -0.2) is 26.2 Å². The van der Waals surface area contributed by atoms with E-state index in [9.17, 15) is 0 Å². The molecule has 2 rings (SSSR count). The number of alkyl halides is 1. The van der Waals surface area contributed by atoms with E-state index in [0.717, 1.165) is 25.4 Å². The average Bonchev–Trinajstić information content (AvgIpc) is 2.23. The molecule has 0 atom stereocenters. The van der Waals surface area contributed by atoms with Gasteiger partial charge in [0.05, 0.1) is 20.3 Å². The molecule has 1 aliphatic rings. The average molecular weight is 255 g/mol. The highest BCUT2D eigenvalue weighted by molar-refractivity contribution is 6.17. The van der Waals surface area contributed by atoms with Crippen LogP contribution in [0.1, 0.15) is 23.1 Å². The Labute approximate surface area is 108 Å². The maximum absolute atomic E-state index is 5.91. The van der Waals surface area contributed by atoms with Crippen molar-refractivity contribution in [1.82, 2.24) is 0 Å². The van der Waals surface area contributed by atoms with Crippen LogP contribution in [0.5, 0.6) is 5.75 Å². The summed E-state index contributed by atoms with van der Waals surface area (Å²) in [4.78, 5) is 0. The molecule has 0 aromatic heterocycles. The van der Waals surface area contributed by atoms with Gasteiger partial charge in [0.15, 0.2) is 0 Å². The summed E-state index contributed by atoms with van der Waals surface area (Å²) in [6, 6.07) is 4.42. The second-order valence-corrected chi connectivity index (χ2v) is 5.23. The van der Waals surface area contributed by atoms with Crippen molar-refractivity contribution < 1.29 is 9.47 Å². The van der Waals surface area contributed by atoms with Gasteiger partial charge in [-0.15, -0.1) is 11.6 Å². The third kappa shape index (κ3) is 2.16. The van der Waals surface area contributed by atoms with Gasteiger partial charge < -0.3 is 9.47 Å². The molecule has 0 radical (unpaired) electrons. The Morgan fingerprint density at radius 1 is 1.29 bits per heavy atom. The Bertz CT molecular complexity index is 388. The summed E-state index contributed by atoms with van der Waals surface area (Å²) in [6.07, 6.45) is 0.972. The second-order valence-electron chi connectivity index (χ2n) is 4.86. The lowest BCUT2D eigenvalue weighted by atomic mass is 9.75. The minimum Gasteiger partial charge on any atom is -0.496 e. The molecular weight excluding hydrogens is 236 g/mol. The van der Waals surface area contributed by atoms with Gasteiger partial charge in [-0.2, -0.15) is 0 Å². The van der Waals surface area contributed by atoms with Crippen molar-refractivity contribution in [1.29, 1.82) is 0 Å². The number of methoxy groups -OCH3 is 1. The Kier molecular flexibility index (Phi) is 3.64. The van der Waals surface area contributed by atoms with Crippen molar-refractivity contribution in [2.75, 3.05) is 26.2 Å². The highest BCUT2D eigenvalue weighted by Gasteiger charge is 2.40. The minimum absolute atomic E-state index is 0.129. The van der Waals surface area contributed by atoms with E-state index in [1.54, 1.807) is 7.11 Å². The van der Waals surface area contributed by atoms with E-state index in [0.29, 0.717) is 5.88 Å². The van der Waals surface area contributed by atoms with Crippen LogP contribution in [0.4, 0.5) is 0 Å². The lowest BCUT2D eigenvalue weighted by Crippen LogP contribution is -2.47. The van der Waals surface area contributed by atoms with Crippen molar-refractivity contribution >= 4 is 11.6 Å². The first-order valence-electron chi connectivity index (χ1n) is 5.92. The molecule has 0 bridgehead atoms. The Balaban J connectivity index is 2.39. The number of ether oxygens (including phenoxy) is 2. The third-order valence-corrected chi connectivity index (χ3v) is 3.80. The van der Waals surface area contributed by atoms with E-state index in [4.69, 9.17) is 21.1 Å². The molecule has 1 aromatic rings. The van der Waals surface area contributed by atoms with Crippen LogP contribution < -0.4 is 4.74 Å². The molecule has 0 unspecified atom stereocenters. The number of benzene rings is 1. The smallest absolute Gasteiger partial charge is 0.124 e. The summed E-state index contributed by atoms with van der Waals surface area (Å²) >= 11 is 5.91. The first-order chi connectivity index (χ1) is 8.13.